The Kier molecular flexibility index (Phi) is 3.44. The number of aromatic nitrogens is 3. The summed E-state index contributed by atoms with van der Waals surface area (Å²) in [6.07, 6.45) is 1.89. The Labute approximate surface area is 136 Å². The molecule has 0 unspecified atom stereocenters. The highest BCUT2D eigenvalue weighted by Gasteiger charge is 2.10. The van der Waals surface area contributed by atoms with Crippen LogP contribution in [0, 0.1) is 0 Å². The van der Waals surface area contributed by atoms with Crippen LogP contribution in [0.25, 0.3) is 16.2 Å². The van der Waals surface area contributed by atoms with Crippen molar-refractivity contribution in [2.75, 3.05) is 7.11 Å². The average molecular weight is 323 g/mol. The Morgan fingerprint density at radius 3 is 2.39 bits per heavy atom. The van der Waals surface area contributed by atoms with Crippen LogP contribution in [0.1, 0.15) is 0 Å². The summed E-state index contributed by atoms with van der Waals surface area (Å²) >= 11 is 1.41. The first kappa shape index (κ1) is 13.8. The molecule has 0 aliphatic rings. The molecule has 4 rings (SSSR count). The molecule has 0 aliphatic carbocycles. The Morgan fingerprint density at radius 1 is 0.957 bits per heavy atom. The third kappa shape index (κ3) is 2.76. The molecule has 0 saturated heterocycles. The molecule has 0 radical (unpaired) electrons. The first-order valence-corrected chi connectivity index (χ1v) is 7.87. The van der Waals surface area contributed by atoms with Crippen molar-refractivity contribution >= 4 is 16.3 Å². The maximum absolute atomic E-state index is 5.79. The molecule has 0 spiro atoms. The van der Waals surface area contributed by atoms with Crippen molar-refractivity contribution in [2.24, 2.45) is 0 Å². The van der Waals surface area contributed by atoms with E-state index in [1.165, 1.54) is 11.3 Å². The van der Waals surface area contributed by atoms with E-state index in [-0.39, 0.29) is 0 Å². The second-order valence-electron chi connectivity index (χ2n) is 4.86. The summed E-state index contributed by atoms with van der Waals surface area (Å²) < 4.78 is 12.6. The van der Waals surface area contributed by atoms with E-state index in [1.54, 1.807) is 11.6 Å². The predicted octanol–water partition coefficient (Wildman–Crippen LogP) is 4.26. The monoisotopic (exact) mass is 323 g/mol. The summed E-state index contributed by atoms with van der Waals surface area (Å²) in [5.74, 6) is 1.61. The van der Waals surface area contributed by atoms with Gasteiger partial charge in [-0.15, -0.1) is 5.10 Å². The van der Waals surface area contributed by atoms with Gasteiger partial charge in [0.05, 0.1) is 19.0 Å². The Morgan fingerprint density at radius 2 is 1.70 bits per heavy atom. The van der Waals surface area contributed by atoms with Crippen molar-refractivity contribution in [3.05, 3.63) is 60.8 Å². The minimum absolute atomic E-state index is 0.602. The molecule has 0 fully saturated rings. The highest BCUT2D eigenvalue weighted by atomic mass is 32.1. The molecule has 0 N–H and O–H groups in total. The van der Waals surface area contributed by atoms with Gasteiger partial charge in [-0.2, -0.15) is 0 Å². The van der Waals surface area contributed by atoms with Gasteiger partial charge in [0.1, 0.15) is 11.5 Å². The normalized spacial score (nSPS) is 10.8. The Hall–Kier alpha value is -2.86. The van der Waals surface area contributed by atoms with E-state index in [2.05, 4.69) is 10.1 Å². The fourth-order valence-electron chi connectivity index (χ4n) is 2.22. The van der Waals surface area contributed by atoms with Gasteiger partial charge in [0.2, 0.25) is 4.96 Å². The smallest absolute Gasteiger partial charge is 0.294 e. The quantitative estimate of drug-likeness (QED) is 0.563. The molecule has 2 aromatic heterocycles. The molecule has 2 heterocycles. The van der Waals surface area contributed by atoms with Gasteiger partial charge in [0, 0.05) is 5.56 Å². The number of ether oxygens (including phenoxy) is 2. The van der Waals surface area contributed by atoms with Crippen LogP contribution in [-0.2, 0) is 0 Å². The molecular weight excluding hydrogens is 310 g/mol. The predicted molar refractivity (Wildman–Crippen MR) is 89.4 cm³/mol. The number of rotatable bonds is 4. The largest absolute Gasteiger partial charge is 0.472 e. The molecule has 6 heteroatoms. The summed E-state index contributed by atoms with van der Waals surface area (Å²) in [6.45, 7) is 0. The fourth-order valence-corrected chi connectivity index (χ4v) is 2.92. The van der Waals surface area contributed by atoms with Crippen LogP contribution in [0.5, 0.6) is 16.7 Å². The van der Waals surface area contributed by atoms with Gasteiger partial charge in [-0.3, -0.25) is 0 Å². The molecule has 2 aromatic carbocycles. The number of fused-ring (bicyclic) bond motifs is 1. The topological polar surface area (TPSA) is 48.7 Å². The summed E-state index contributed by atoms with van der Waals surface area (Å²) in [5.41, 5.74) is 1.89. The van der Waals surface area contributed by atoms with Gasteiger partial charge in [-0.1, -0.05) is 18.2 Å². The van der Waals surface area contributed by atoms with E-state index in [1.807, 2.05) is 60.8 Å². The number of imidazole rings is 1. The number of hydrogen-bond donors (Lipinski definition) is 0. The number of para-hydroxylation sites is 1. The van der Waals surface area contributed by atoms with Gasteiger partial charge in [-0.05, 0) is 47.7 Å². The third-order valence-corrected chi connectivity index (χ3v) is 4.21. The van der Waals surface area contributed by atoms with Crippen molar-refractivity contribution in [3.63, 3.8) is 0 Å². The van der Waals surface area contributed by atoms with E-state index >= 15 is 0 Å². The zero-order chi connectivity index (χ0) is 15.6. The molecule has 0 atom stereocenters. The van der Waals surface area contributed by atoms with E-state index in [9.17, 15) is 0 Å². The van der Waals surface area contributed by atoms with E-state index in [4.69, 9.17) is 9.47 Å². The lowest BCUT2D eigenvalue weighted by molar-refractivity contribution is 0.405. The van der Waals surface area contributed by atoms with Crippen molar-refractivity contribution in [2.45, 2.75) is 0 Å². The van der Waals surface area contributed by atoms with Crippen molar-refractivity contribution in [3.8, 4) is 28.0 Å². The molecule has 0 amide bonds. The molecule has 0 saturated carbocycles. The lowest BCUT2D eigenvalue weighted by atomic mass is 10.2. The van der Waals surface area contributed by atoms with Crippen molar-refractivity contribution in [1.29, 1.82) is 0 Å². The number of hydrogen-bond acceptors (Lipinski definition) is 5. The summed E-state index contributed by atoms with van der Waals surface area (Å²) in [7, 11) is 1.60. The van der Waals surface area contributed by atoms with Crippen LogP contribution in [0.15, 0.2) is 60.8 Å². The second-order valence-corrected chi connectivity index (χ2v) is 5.78. The standard InChI is InChI=1S/C17H13N3O2S/c1-21-17-19-20-11-15(18-16(20)23-17)12-7-9-14(10-8-12)22-13-5-3-2-4-6-13/h2-11H,1H3. The number of methoxy groups -OCH3 is 1. The zero-order valence-electron chi connectivity index (χ0n) is 12.3. The average Bonchev–Trinajstić information content (AvgIpc) is 3.15. The van der Waals surface area contributed by atoms with E-state index in [0.29, 0.717) is 5.19 Å². The third-order valence-electron chi connectivity index (χ3n) is 3.33. The van der Waals surface area contributed by atoms with Gasteiger partial charge in [0.25, 0.3) is 5.19 Å². The molecule has 0 aliphatic heterocycles. The SMILES string of the molecule is COc1nn2cc(-c3ccc(Oc4ccccc4)cc3)nc2s1. The maximum atomic E-state index is 5.79. The minimum Gasteiger partial charge on any atom is -0.472 e. The van der Waals surface area contributed by atoms with Crippen molar-refractivity contribution < 1.29 is 9.47 Å². The molecule has 5 nitrogen and oxygen atoms in total. The van der Waals surface area contributed by atoms with Crippen LogP contribution < -0.4 is 9.47 Å². The van der Waals surface area contributed by atoms with Crippen LogP contribution in [0.2, 0.25) is 0 Å². The highest BCUT2D eigenvalue weighted by Crippen LogP contribution is 2.28. The molecule has 23 heavy (non-hydrogen) atoms. The van der Waals surface area contributed by atoms with E-state index < -0.39 is 0 Å². The molecule has 114 valence electrons. The molecule has 4 aromatic rings. The molecular formula is C17H13N3O2S. The first-order chi connectivity index (χ1) is 11.3. The van der Waals surface area contributed by atoms with Crippen LogP contribution >= 0.6 is 11.3 Å². The van der Waals surface area contributed by atoms with Crippen LogP contribution in [0.3, 0.4) is 0 Å². The highest BCUT2D eigenvalue weighted by molar-refractivity contribution is 7.18. The van der Waals surface area contributed by atoms with Gasteiger partial charge < -0.3 is 9.47 Å². The Balaban J connectivity index is 1.57. The first-order valence-electron chi connectivity index (χ1n) is 7.05. The lowest BCUT2D eigenvalue weighted by Gasteiger charge is -2.05. The summed E-state index contributed by atoms with van der Waals surface area (Å²) in [5, 5.41) is 4.88. The van der Waals surface area contributed by atoms with Crippen molar-refractivity contribution in [1.82, 2.24) is 14.6 Å². The lowest BCUT2D eigenvalue weighted by Crippen LogP contribution is -1.85. The molecule has 0 bridgehead atoms. The number of nitrogens with zero attached hydrogens (tertiary/aromatic N) is 3. The van der Waals surface area contributed by atoms with Gasteiger partial charge >= 0.3 is 0 Å². The van der Waals surface area contributed by atoms with Gasteiger partial charge in [0.15, 0.2) is 0 Å². The van der Waals surface area contributed by atoms with Crippen LogP contribution in [-0.4, -0.2) is 21.7 Å². The summed E-state index contributed by atoms with van der Waals surface area (Å²) in [6, 6.07) is 17.6. The fraction of sp³-hybridized carbons (Fsp3) is 0.0588. The summed E-state index contributed by atoms with van der Waals surface area (Å²) in [4.78, 5) is 5.37. The number of benzene rings is 2. The van der Waals surface area contributed by atoms with Gasteiger partial charge in [-0.25, -0.2) is 9.50 Å². The van der Waals surface area contributed by atoms with Crippen LogP contribution in [0.4, 0.5) is 0 Å². The second kappa shape index (κ2) is 5.73. The Bertz CT molecular complexity index is 898. The maximum Gasteiger partial charge on any atom is 0.294 e. The minimum atomic E-state index is 0.602. The zero-order valence-corrected chi connectivity index (χ0v) is 13.2. The van der Waals surface area contributed by atoms with E-state index in [0.717, 1.165) is 27.7 Å².